The number of carbonyl (C=O) groups is 1. The SMILES string of the molecule is CO[C@H]1/C=C/C[C@@H](C)C(C(C)C)S(=O)(=O)NC(=O)c2ccc3c(c2)N(C[C@@H]2CC[C@H]21)C[C@@]1(CCCc2cc(Cl)ccc21)CO3. The Kier molecular flexibility index (Phi) is 8.81. The Morgan fingerprint density at radius 2 is 1.98 bits per heavy atom. The van der Waals surface area contributed by atoms with E-state index >= 15 is 0 Å². The van der Waals surface area contributed by atoms with Gasteiger partial charge in [0.1, 0.15) is 5.75 Å². The van der Waals surface area contributed by atoms with Crippen LogP contribution in [0.1, 0.15) is 74.4 Å². The van der Waals surface area contributed by atoms with Gasteiger partial charge in [0.05, 0.1) is 23.6 Å². The van der Waals surface area contributed by atoms with Crippen LogP contribution in [0, 0.1) is 23.7 Å². The van der Waals surface area contributed by atoms with Crippen LogP contribution in [-0.2, 0) is 26.6 Å². The van der Waals surface area contributed by atoms with Crippen molar-refractivity contribution in [2.75, 3.05) is 31.7 Å². The van der Waals surface area contributed by atoms with Gasteiger partial charge >= 0.3 is 0 Å². The van der Waals surface area contributed by atoms with E-state index in [0.29, 0.717) is 30.4 Å². The third kappa shape index (κ3) is 5.90. The average Bonchev–Trinajstić information content (AvgIpc) is 3.10. The van der Waals surface area contributed by atoms with Crippen molar-refractivity contribution >= 4 is 33.2 Å². The standard InChI is InChI=1S/C35H45ClN2O5S/c1-22(2)33-23(3)7-5-9-31(42-4)28-13-10-26(28)19-38-20-35(16-6-8-24-17-27(36)12-14-29(24)35)21-43-32-15-11-25(18-30(32)38)34(39)37-44(33,40)41/h5,9,11-12,14-15,17-18,22-23,26,28,31,33H,6-8,10,13,16,19-21H2,1-4H3,(H,37,39)/b9-5+/t23-,26+,28-,31+,33?,35+/m1/s1. The first-order chi connectivity index (χ1) is 21.0. The number of hydrogen-bond acceptors (Lipinski definition) is 6. The predicted molar refractivity (Wildman–Crippen MR) is 175 cm³/mol. The van der Waals surface area contributed by atoms with Crippen molar-refractivity contribution in [1.29, 1.82) is 0 Å². The second kappa shape index (κ2) is 12.3. The monoisotopic (exact) mass is 640 g/mol. The molecule has 44 heavy (non-hydrogen) atoms. The van der Waals surface area contributed by atoms with Crippen LogP contribution in [0.3, 0.4) is 0 Å². The van der Waals surface area contributed by atoms with Gasteiger partial charge in [-0.15, -0.1) is 0 Å². The summed E-state index contributed by atoms with van der Waals surface area (Å²) in [5.41, 5.74) is 3.48. The molecule has 2 aromatic rings. The van der Waals surface area contributed by atoms with Gasteiger partial charge in [0.15, 0.2) is 0 Å². The zero-order valence-corrected chi connectivity index (χ0v) is 27.8. The molecule has 9 heteroatoms. The number of aryl methyl sites for hydroxylation is 1. The fourth-order valence-electron chi connectivity index (χ4n) is 8.33. The molecule has 1 fully saturated rings. The first-order valence-corrected chi connectivity index (χ1v) is 18.0. The zero-order valence-electron chi connectivity index (χ0n) is 26.2. The lowest BCUT2D eigenvalue weighted by Crippen LogP contribution is -2.49. The molecule has 0 saturated heterocycles. The summed E-state index contributed by atoms with van der Waals surface area (Å²) in [7, 11) is -2.18. The highest BCUT2D eigenvalue weighted by molar-refractivity contribution is 7.90. The molecule has 6 rings (SSSR count). The summed E-state index contributed by atoms with van der Waals surface area (Å²) in [5, 5.41) is 0.0289. The van der Waals surface area contributed by atoms with Crippen molar-refractivity contribution in [3.8, 4) is 5.75 Å². The van der Waals surface area contributed by atoms with Crippen LogP contribution in [-0.4, -0.2) is 52.5 Å². The number of benzene rings is 2. The van der Waals surface area contributed by atoms with Gasteiger partial charge in [-0.1, -0.05) is 50.6 Å². The topological polar surface area (TPSA) is 84.9 Å². The fourth-order valence-corrected chi connectivity index (χ4v) is 10.5. The molecule has 7 nitrogen and oxygen atoms in total. The third-order valence-corrected chi connectivity index (χ3v) is 13.0. The van der Waals surface area contributed by atoms with Crippen molar-refractivity contribution < 1.29 is 22.7 Å². The summed E-state index contributed by atoms with van der Waals surface area (Å²) >= 11 is 6.42. The summed E-state index contributed by atoms with van der Waals surface area (Å²) in [6, 6.07) is 11.6. The van der Waals surface area contributed by atoms with Gasteiger partial charge < -0.3 is 14.4 Å². The molecule has 6 atom stereocenters. The molecule has 2 aliphatic carbocycles. The summed E-state index contributed by atoms with van der Waals surface area (Å²) in [6.45, 7) is 7.80. The van der Waals surface area contributed by atoms with Crippen LogP contribution in [0.25, 0.3) is 0 Å². The van der Waals surface area contributed by atoms with Gasteiger partial charge in [-0.3, -0.25) is 4.79 Å². The number of nitrogens with one attached hydrogen (secondary N) is 1. The molecule has 2 heterocycles. The molecule has 2 aromatic carbocycles. The van der Waals surface area contributed by atoms with Gasteiger partial charge in [0, 0.05) is 36.2 Å². The van der Waals surface area contributed by atoms with E-state index in [1.807, 2.05) is 39.0 Å². The largest absolute Gasteiger partial charge is 0.490 e. The number of amides is 1. The van der Waals surface area contributed by atoms with E-state index in [1.54, 1.807) is 13.2 Å². The molecule has 2 aliphatic heterocycles. The number of nitrogens with zero attached hydrogens (tertiary/aromatic N) is 1. The van der Waals surface area contributed by atoms with Crippen LogP contribution in [0.2, 0.25) is 5.02 Å². The molecule has 1 spiro atoms. The van der Waals surface area contributed by atoms with Gasteiger partial charge in [-0.2, -0.15) is 0 Å². The number of carbonyl (C=O) groups excluding carboxylic acids is 1. The maximum atomic E-state index is 13.6. The maximum absolute atomic E-state index is 13.6. The Morgan fingerprint density at radius 3 is 2.70 bits per heavy atom. The van der Waals surface area contributed by atoms with Gasteiger partial charge in [-0.25, -0.2) is 13.1 Å². The van der Waals surface area contributed by atoms with Gasteiger partial charge in [-0.05, 0) is 104 Å². The number of halogens is 1. The van der Waals surface area contributed by atoms with Crippen LogP contribution < -0.4 is 14.4 Å². The lowest BCUT2D eigenvalue weighted by molar-refractivity contribution is 0.0131. The first kappa shape index (κ1) is 31.4. The third-order valence-electron chi connectivity index (χ3n) is 10.6. The summed E-state index contributed by atoms with van der Waals surface area (Å²) in [4.78, 5) is 16.0. The highest BCUT2D eigenvalue weighted by Gasteiger charge is 2.44. The number of rotatable bonds is 2. The van der Waals surface area contributed by atoms with E-state index in [4.69, 9.17) is 21.1 Å². The van der Waals surface area contributed by atoms with E-state index in [9.17, 15) is 13.2 Å². The van der Waals surface area contributed by atoms with Crippen LogP contribution in [0.4, 0.5) is 5.69 Å². The lowest BCUT2D eigenvalue weighted by atomic mass is 9.68. The highest BCUT2D eigenvalue weighted by atomic mass is 35.5. The van der Waals surface area contributed by atoms with Crippen molar-refractivity contribution in [2.45, 2.75) is 76.1 Å². The quantitative estimate of drug-likeness (QED) is 0.376. The van der Waals surface area contributed by atoms with E-state index in [-0.39, 0.29) is 23.4 Å². The van der Waals surface area contributed by atoms with Crippen LogP contribution in [0.5, 0.6) is 5.75 Å². The number of allylic oxidation sites excluding steroid dienone is 1. The summed E-state index contributed by atoms with van der Waals surface area (Å²) < 4.78 is 42.3. The van der Waals surface area contributed by atoms with Gasteiger partial charge in [0.2, 0.25) is 10.0 Å². The number of anilines is 1. The lowest BCUT2D eigenvalue weighted by Gasteiger charge is -2.46. The molecule has 4 aliphatic rings. The van der Waals surface area contributed by atoms with Crippen molar-refractivity contribution in [1.82, 2.24) is 4.72 Å². The Balaban J connectivity index is 1.44. The molecule has 1 saturated carbocycles. The second-order valence-electron chi connectivity index (χ2n) is 13.8. The molecule has 1 unspecified atom stereocenters. The Morgan fingerprint density at radius 1 is 1.16 bits per heavy atom. The average molecular weight is 641 g/mol. The Bertz CT molecular complexity index is 1540. The fraction of sp³-hybridized carbons (Fsp3) is 0.571. The van der Waals surface area contributed by atoms with Crippen molar-refractivity contribution in [3.63, 3.8) is 0 Å². The molecule has 0 radical (unpaired) electrons. The maximum Gasteiger partial charge on any atom is 0.264 e. The summed E-state index contributed by atoms with van der Waals surface area (Å²) in [6.07, 6.45) is 9.97. The van der Waals surface area contributed by atoms with Gasteiger partial charge in [0.25, 0.3) is 5.91 Å². The van der Waals surface area contributed by atoms with Crippen molar-refractivity contribution in [3.05, 3.63) is 70.3 Å². The van der Waals surface area contributed by atoms with Crippen LogP contribution >= 0.6 is 11.6 Å². The normalized spacial score (nSPS) is 32.5. The minimum Gasteiger partial charge on any atom is -0.490 e. The second-order valence-corrected chi connectivity index (χ2v) is 16.1. The van der Waals surface area contributed by atoms with E-state index in [1.165, 1.54) is 11.1 Å². The van der Waals surface area contributed by atoms with Crippen LogP contribution in [0.15, 0.2) is 48.6 Å². The molecule has 1 amide bonds. The highest BCUT2D eigenvalue weighted by Crippen LogP contribution is 2.47. The van der Waals surface area contributed by atoms with E-state index in [0.717, 1.165) is 61.7 Å². The minimum absolute atomic E-state index is 0.0387. The molecule has 2 bridgehead atoms. The molecule has 1 N–H and O–H groups in total. The number of ether oxygens (including phenoxy) is 2. The number of hydrogen-bond donors (Lipinski definition) is 1. The Hall–Kier alpha value is -2.55. The van der Waals surface area contributed by atoms with E-state index < -0.39 is 21.2 Å². The number of sulfonamides is 1. The number of methoxy groups -OCH3 is 1. The Labute approximate surface area is 267 Å². The zero-order chi connectivity index (χ0) is 31.2. The van der Waals surface area contributed by atoms with Crippen molar-refractivity contribution in [2.24, 2.45) is 23.7 Å². The first-order valence-electron chi connectivity index (χ1n) is 16.1. The summed E-state index contributed by atoms with van der Waals surface area (Å²) in [5.74, 6) is 0.530. The number of fused-ring (bicyclic) bond motifs is 4. The molecular formula is C35H45ClN2O5S. The molecule has 0 aromatic heterocycles. The van der Waals surface area contributed by atoms with E-state index in [2.05, 4.69) is 33.9 Å². The molecular weight excluding hydrogens is 596 g/mol. The minimum atomic E-state index is -3.95. The molecule has 238 valence electrons. The smallest absolute Gasteiger partial charge is 0.264 e. The predicted octanol–water partition coefficient (Wildman–Crippen LogP) is 6.53.